The third-order valence-corrected chi connectivity index (χ3v) is 5.22. The number of nitrogens with one attached hydrogen (secondary N) is 1. The molecule has 1 N–H and O–H groups in total. The molecule has 1 heterocycles. The Kier molecular flexibility index (Phi) is 7.69. The van der Waals surface area contributed by atoms with Gasteiger partial charge in [0.05, 0.1) is 6.26 Å². The molecule has 3 rings (SSSR count). The Labute approximate surface area is 187 Å². The van der Waals surface area contributed by atoms with Gasteiger partial charge in [0.2, 0.25) is 0 Å². The summed E-state index contributed by atoms with van der Waals surface area (Å²) in [5.41, 5.74) is 6.68. The molecule has 0 aliphatic carbocycles. The molecule has 2 aromatic rings. The fourth-order valence-electron chi connectivity index (χ4n) is 3.14. The Morgan fingerprint density at radius 1 is 1.07 bits per heavy atom. The van der Waals surface area contributed by atoms with Crippen LogP contribution in [0.1, 0.15) is 24.5 Å². The van der Waals surface area contributed by atoms with Gasteiger partial charge in [-0.3, -0.25) is 0 Å². The molecule has 0 fully saturated rings. The summed E-state index contributed by atoms with van der Waals surface area (Å²) in [6, 6.07) is 14.6. The molecule has 0 saturated carbocycles. The summed E-state index contributed by atoms with van der Waals surface area (Å²) in [7, 11) is 0. The maximum absolute atomic E-state index is 6.03. The number of benzene rings is 2. The summed E-state index contributed by atoms with van der Waals surface area (Å²) in [6.07, 6.45) is 16.3. The van der Waals surface area contributed by atoms with Crippen LogP contribution in [0.4, 0.5) is 11.4 Å². The van der Waals surface area contributed by atoms with Gasteiger partial charge in [-0.15, -0.1) is 0 Å². The maximum Gasteiger partial charge on any atom is 0.115 e. The molecule has 1 aliphatic heterocycles. The first-order valence-corrected chi connectivity index (χ1v) is 10.7. The lowest BCUT2D eigenvalue weighted by atomic mass is 9.98. The fraction of sp³-hybridized carbons (Fsp3) is 0.111. The van der Waals surface area contributed by atoms with Crippen LogP contribution in [0.15, 0.2) is 114 Å². The van der Waals surface area contributed by atoms with Crippen LogP contribution in [0.5, 0.6) is 0 Å². The molecule has 152 valence electrons. The van der Waals surface area contributed by atoms with Crippen molar-refractivity contribution in [2.24, 2.45) is 0 Å². The summed E-state index contributed by atoms with van der Waals surface area (Å²) in [6.45, 7) is 8.05. The Bertz CT molecular complexity index is 1050. The summed E-state index contributed by atoms with van der Waals surface area (Å²) >= 11 is 3.48. The Hall–Kier alpha value is -3.04. The average molecular weight is 460 g/mol. The first-order chi connectivity index (χ1) is 14.6. The molecule has 0 bridgehead atoms. The predicted molar refractivity (Wildman–Crippen MR) is 133 cm³/mol. The zero-order chi connectivity index (χ0) is 21.3. The Balaban J connectivity index is 1.98. The molecule has 0 spiro atoms. The van der Waals surface area contributed by atoms with Crippen molar-refractivity contribution in [2.45, 2.75) is 20.3 Å². The van der Waals surface area contributed by atoms with Crippen molar-refractivity contribution in [3.05, 3.63) is 125 Å². The molecule has 3 heteroatoms. The Morgan fingerprint density at radius 2 is 1.87 bits per heavy atom. The SMILES string of the molecule is C=C/C=C\C(=C1/C/C(C)=C/C=C\C=C\O1)c1ccc(Nc2ccc(Br)cc2)c(C)c1. The lowest BCUT2D eigenvalue weighted by Crippen LogP contribution is -1.97. The molecule has 0 atom stereocenters. The van der Waals surface area contributed by atoms with Gasteiger partial charge in [0, 0.05) is 27.8 Å². The average Bonchev–Trinajstić information content (AvgIpc) is 2.84. The molecular weight excluding hydrogens is 434 g/mol. The highest BCUT2D eigenvalue weighted by Crippen LogP contribution is 2.30. The number of aryl methyl sites for hydroxylation is 1. The molecule has 0 unspecified atom stereocenters. The van der Waals surface area contributed by atoms with E-state index in [0.29, 0.717) is 0 Å². The van der Waals surface area contributed by atoms with E-state index in [4.69, 9.17) is 4.74 Å². The van der Waals surface area contributed by atoms with Crippen LogP contribution < -0.4 is 5.32 Å². The van der Waals surface area contributed by atoms with Crippen LogP contribution in [0, 0.1) is 6.92 Å². The first-order valence-electron chi connectivity index (χ1n) is 9.88. The van der Waals surface area contributed by atoms with E-state index in [9.17, 15) is 0 Å². The predicted octanol–water partition coefficient (Wildman–Crippen LogP) is 8.39. The van der Waals surface area contributed by atoms with Crippen LogP contribution in [0.3, 0.4) is 0 Å². The number of hydrogen-bond acceptors (Lipinski definition) is 2. The summed E-state index contributed by atoms with van der Waals surface area (Å²) in [4.78, 5) is 0. The molecule has 2 nitrogen and oxygen atoms in total. The molecule has 2 aromatic carbocycles. The topological polar surface area (TPSA) is 21.3 Å². The van der Waals surface area contributed by atoms with Crippen molar-refractivity contribution >= 4 is 32.9 Å². The van der Waals surface area contributed by atoms with E-state index < -0.39 is 0 Å². The highest BCUT2D eigenvalue weighted by Gasteiger charge is 2.11. The van der Waals surface area contributed by atoms with Gasteiger partial charge in [0.1, 0.15) is 5.76 Å². The van der Waals surface area contributed by atoms with E-state index in [0.717, 1.165) is 44.7 Å². The quantitative estimate of drug-likeness (QED) is 0.453. The monoisotopic (exact) mass is 459 g/mol. The second-order valence-corrected chi connectivity index (χ2v) is 8.03. The number of allylic oxidation sites excluding steroid dienone is 9. The Morgan fingerprint density at radius 3 is 2.60 bits per heavy atom. The number of anilines is 2. The van der Waals surface area contributed by atoms with Crippen molar-refractivity contribution in [1.82, 2.24) is 0 Å². The molecule has 0 aromatic heterocycles. The zero-order valence-electron chi connectivity index (χ0n) is 17.4. The zero-order valence-corrected chi connectivity index (χ0v) is 18.9. The summed E-state index contributed by atoms with van der Waals surface area (Å²) in [5.74, 6) is 0.912. The van der Waals surface area contributed by atoms with Crippen molar-refractivity contribution in [2.75, 3.05) is 5.32 Å². The first kappa shape index (κ1) is 21.7. The minimum absolute atomic E-state index is 0.740. The molecule has 1 aliphatic rings. The van der Waals surface area contributed by atoms with Crippen LogP contribution in [-0.4, -0.2) is 0 Å². The van der Waals surface area contributed by atoms with Gasteiger partial charge in [-0.25, -0.2) is 0 Å². The van der Waals surface area contributed by atoms with E-state index in [2.05, 4.69) is 84.2 Å². The highest BCUT2D eigenvalue weighted by atomic mass is 79.9. The smallest absolute Gasteiger partial charge is 0.115 e. The minimum atomic E-state index is 0.740. The highest BCUT2D eigenvalue weighted by molar-refractivity contribution is 9.10. The fourth-order valence-corrected chi connectivity index (χ4v) is 3.40. The van der Waals surface area contributed by atoms with Crippen molar-refractivity contribution in [3.63, 3.8) is 0 Å². The van der Waals surface area contributed by atoms with Crippen molar-refractivity contribution in [3.8, 4) is 0 Å². The normalized spacial score (nSPS) is 19.5. The second kappa shape index (κ2) is 10.7. The summed E-state index contributed by atoms with van der Waals surface area (Å²) in [5, 5.41) is 3.49. The van der Waals surface area contributed by atoms with Crippen LogP contribution in [-0.2, 0) is 4.74 Å². The van der Waals surface area contributed by atoms with E-state index in [1.807, 2.05) is 36.4 Å². The van der Waals surface area contributed by atoms with Gasteiger partial charge in [-0.1, -0.05) is 70.6 Å². The van der Waals surface area contributed by atoms with Gasteiger partial charge in [0.25, 0.3) is 0 Å². The number of ether oxygens (including phenoxy) is 1. The van der Waals surface area contributed by atoms with E-state index in [-0.39, 0.29) is 0 Å². The van der Waals surface area contributed by atoms with Crippen LogP contribution in [0.2, 0.25) is 0 Å². The molecule has 0 amide bonds. The lowest BCUT2D eigenvalue weighted by molar-refractivity contribution is 0.344. The van der Waals surface area contributed by atoms with Gasteiger partial charge >= 0.3 is 0 Å². The van der Waals surface area contributed by atoms with E-state index in [1.54, 1.807) is 12.3 Å². The third-order valence-electron chi connectivity index (χ3n) is 4.69. The van der Waals surface area contributed by atoms with Gasteiger partial charge in [0.15, 0.2) is 0 Å². The van der Waals surface area contributed by atoms with Crippen LogP contribution in [0.25, 0.3) is 5.57 Å². The second-order valence-electron chi connectivity index (χ2n) is 7.11. The van der Waals surface area contributed by atoms with Crippen molar-refractivity contribution in [1.29, 1.82) is 0 Å². The van der Waals surface area contributed by atoms with Gasteiger partial charge < -0.3 is 10.1 Å². The molecule has 0 saturated heterocycles. The summed E-state index contributed by atoms with van der Waals surface area (Å²) < 4.78 is 7.09. The van der Waals surface area contributed by atoms with E-state index >= 15 is 0 Å². The maximum atomic E-state index is 6.03. The van der Waals surface area contributed by atoms with Gasteiger partial charge in [-0.05, 0) is 67.4 Å². The third kappa shape index (κ3) is 5.98. The van der Waals surface area contributed by atoms with Gasteiger partial charge in [-0.2, -0.15) is 0 Å². The molecular formula is C27H26BrNO. The van der Waals surface area contributed by atoms with Crippen molar-refractivity contribution < 1.29 is 4.74 Å². The molecule has 0 radical (unpaired) electrons. The van der Waals surface area contributed by atoms with Crippen LogP contribution >= 0.6 is 15.9 Å². The molecule has 30 heavy (non-hydrogen) atoms. The minimum Gasteiger partial charge on any atom is -0.468 e. The number of rotatable bonds is 5. The lowest BCUT2D eigenvalue weighted by Gasteiger charge is -2.15. The number of hydrogen-bond donors (Lipinski definition) is 1. The number of halogens is 1. The van der Waals surface area contributed by atoms with E-state index in [1.165, 1.54) is 5.57 Å². The largest absolute Gasteiger partial charge is 0.468 e. The standard InChI is InChI=1S/C27H26BrNO/c1-4-5-10-25(27-18-20(2)9-7-6-8-17-30-27)22-11-16-26(21(3)19-22)29-24-14-12-23(28)13-15-24/h4-17,19,29H,1,18H2,2-3H3/b7-6-,10-5-,17-8+,20-9+,27-25-.